The van der Waals surface area contributed by atoms with Gasteiger partial charge in [-0.25, -0.2) is 4.79 Å². The van der Waals surface area contributed by atoms with Gasteiger partial charge in [0.2, 0.25) is 0 Å². The summed E-state index contributed by atoms with van der Waals surface area (Å²) in [5, 5.41) is 18.2. The fourth-order valence-electron chi connectivity index (χ4n) is 2.72. The Kier molecular flexibility index (Phi) is 6.87. The highest BCUT2D eigenvalue weighted by molar-refractivity contribution is 6.34. The van der Waals surface area contributed by atoms with Crippen LogP contribution in [0.2, 0.25) is 5.02 Å². The van der Waals surface area contributed by atoms with Gasteiger partial charge >= 0.3 is 6.03 Å². The van der Waals surface area contributed by atoms with Crippen molar-refractivity contribution in [2.24, 2.45) is 5.16 Å². The van der Waals surface area contributed by atoms with Gasteiger partial charge in [-0.1, -0.05) is 35.0 Å². The summed E-state index contributed by atoms with van der Waals surface area (Å²) in [4.78, 5) is 26.2. The van der Waals surface area contributed by atoms with Gasteiger partial charge in [0.25, 0.3) is 5.91 Å². The fraction of sp³-hybridized carbons (Fsp3) is 0.286. The summed E-state index contributed by atoms with van der Waals surface area (Å²) in [5.74, 6) is -0.253. The lowest BCUT2D eigenvalue weighted by Gasteiger charge is -2.27. The number of nitrogens with zero attached hydrogens (tertiary/aromatic N) is 2. The van der Waals surface area contributed by atoms with Crippen molar-refractivity contribution in [2.75, 3.05) is 19.4 Å². The third kappa shape index (κ3) is 5.48. The van der Waals surface area contributed by atoms with E-state index in [1.807, 2.05) is 38.1 Å². The van der Waals surface area contributed by atoms with E-state index < -0.39 is 11.6 Å². The van der Waals surface area contributed by atoms with Gasteiger partial charge in [0.05, 0.1) is 21.8 Å². The number of carbonyl (C=O) groups is 2. The maximum absolute atomic E-state index is 12.6. The zero-order chi connectivity index (χ0) is 21.8. The van der Waals surface area contributed by atoms with E-state index >= 15 is 0 Å². The van der Waals surface area contributed by atoms with Gasteiger partial charge in [0.1, 0.15) is 0 Å². The minimum atomic E-state index is -0.704. The van der Waals surface area contributed by atoms with Crippen LogP contribution in [0.4, 0.5) is 10.5 Å². The summed E-state index contributed by atoms with van der Waals surface area (Å²) in [6, 6.07) is 11.7. The number of anilines is 1. The molecular formula is C21H25ClN4O3. The molecular weight excluding hydrogens is 392 g/mol. The van der Waals surface area contributed by atoms with Gasteiger partial charge in [-0.3, -0.25) is 4.79 Å². The van der Waals surface area contributed by atoms with E-state index in [-0.39, 0.29) is 5.91 Å². The number of benzene rings is 2. The molecule has 0 aliphatic carbocycles. The van der Waals surface area contributed by atoms with Crippen LogP contribution in [0.3, 0.4) is 0 Å². The van der Waals surface area contributed by atoms with Crippen molar-refractivity contribution in [2.45, 2.75) is 26.3 Å². The minimum Gasteiger partial charge on any atom is -0.411 e. The van der Waals surface area contributed by atoms with Gasteiger partial charge in [0.15, 0.2) is 0 Å². The molecule has 0 aliphatic heterocycles. The number of nitrogens with one attached hydrogen (secondary N) is 2. The van der Waals surface area contributed by atoms with Crippen molar-refractivity contribution in [1.82, 2.24) is 10.2 Å². The van der Waals surface area contributed by atoms with Gasteiger partial charge in [-0.05, 0) is 56.2 Å². The lowest BCUT2D eigenvalue weighted by Crippen LogP contribution is -2.43. The lowest BCUT2D eigenvalue weighted by atomic mass is 9.92. The Morgan fingerprint density at radius 3 is 2.45 bits per heavy atom. The van der Waals surface area contributed by atoms with E-state index in [1.54, 1.807) is 39.2 Å². The second kappa shape index (κ2) is 8.96. The van der Waals surface area contributed by atoms with Crippen LogP contribution < -0.4 is 10.6 Å². The molecule has 0 atom stereocenters. The van der Waals surface area contributed by atoms with Gasteiger partial charge in [-0.15, -0.1) is 0 Å². The van der Waals surface area contributed by atoms with E-state index in [9.17, 15) is 9.59 Å². The molecule has 2 aromatic carbocycles. The second-order valence-electron chi connectivity index (χ2n) is 7.36. The predicted octanol–water partition coefficient (Wildman–Crippen LogP) is 4.30. The Hall–Kier alpha value is -3.06. The van der Waals surface area contributed by atoms with Crippen LogP contribution in [0.25, 0.3) is 0 Å². The van der Waals surface area contributed by atoms with E-state index in [2.05, 4.69) is 15.8 Å². The first-order valence-corrected chi connectivity index (χ1v) is 9.33. The molecule has 0 saturated heterocycles. The molecule has 0 aliphatic rings. The monoisotopic (exact) mass is 416 g/mol. The Morgan fingerprint density at radius 1 is 1.14 bits per heavy atom. The number of amides is 3. The number of hydrogen-bond donors (Lipinski definition) is 3. The molecule has 0 saturated carbocycles. The van der Waals surface area contributed by atoms with E-state index in [0.29, 0.717) is 22.0 Å². The Balaban J connectivity index is 2.18. The first-order valence-electron chi connectivity index (χ1n) is 8.95. The molecule has 154 valence electrons. The molecule has 29 heavy (non-hydrogen) atoms. The Bertz CT molecular complexity index is 955. The molecule has 3 N–H and O–H groups in total. The molecule has 0 fully saturated rings. The number of carbonyl (C=O) groups excluding carboxylic acids is 2. The minimum absolute atomic E-state index is 0.253. The Labute approximate surface area is 175 Å². The molecule has 2 aromatic rings. The molecule has 0 aromatic heterocycles. The largest absolute Gasteiger partial charge is 0.411 e. The van der Waals surface area contributed by atoms with Crippen molar-refractivity contribution in [3.63, 3.8) is 0 Å². The topological polar surface area (TPSA) is 94.0 Å². The van der Waals surface area contributed by atoms with Crippen molar-refractivity contribution < 1.29 is 14.8 Å². The van der Waals surface area contributed by atoms with Crippen LogP contribution >= 0.6 is 11.6 Å². The lowest BCUT2D eigenvalue weighted by molar-refractivity contribution is 0.0827. The summed E-state index contributed by atoms with van der Waals surface area (Å²) >= 11 is 6.11. The summed E-state index contributed by atoms with van der Waals surface area (Å²) in [6.07, 6.45) is 0. The van der Waals surface area contributed by atoms with Gasteiger partial charge in [0, 0.05) is 19.8 Å². The molecule has 8 heteroatoms. The van der Waals surface area contributed by atoms with Crippen molar-refractivity contribution >= 4 is 34.9 Å². The zero-order valence-electron chi connectivity index (χ0n) is 17.1. The normalized spacial score (nSPS) is 11.7. The number of urea groups is 1. The quantitative estimate of drug-likeness (QED) is 0.385. The van der Waals surface area contributed by atoms with E-state index in [0.717, 1.165) is 11.1 Å². The van der Waals surface area contributed by atoms with Gasteiger partial charge < -0.3 is 20.7 Å². The highest BCUT2D eigenvalue weighted by atomic mass is 35.5. The second-order valence-corrected chi connectivity index (χ2v) is 7.77. The van der Waals surface area contributed by atoms with Gasteiger partial charge in [-0.2, -0.15) is 0 Å². The summed E-state index contributed by atoms with van der Waals surface area (Å²) < 4.78 is 0. The third-order valence-corrected chi connectivity index (χ3v) is 4.77. The summed E-state index contributed by atoms with van der Waals surface area (Å²) in [6.45, 7) is 5.42. The number of oxime groups is 1. The zero-order valence-corrected chi connectivity index (χ0v) is 17.8. The van der Waals surface area contributed by atoms with E-state index in [4.69, 9.17) is 16.8 Å². The highest BCUT2D eigenvalue weighted by Crippen LogP contribution is 2.24. The molecule has 0 heterocycles. The van der Waals surface area contributed by atoms with Crippen LogP contribution in [0, 0.1) is 0 Å². The molecule has 3 amide bonds. The SMILES string of the molecule is C/C(=N/O)c1cccc(C(C)(C)NC(=O)Nc2ccc(Cl)c(C(=O)N(C)C)c2)c1. The average Bonchev–Trinajstić information content (AvgIpc) is 2.67. The van der Waals surface area contributed by atoms with Crippen LogP contribution in [-0.4, -0.2) is 41.9 Å². The standard InChI is InChI=1S/C21H25ClN4O3/c1-13(25-29)14-7-6-8-15(11-14)21(2,3)24-20(28)23-16-9-10-18(22)17(12-16)19(27)26(4)5/h6-12,29H,1-5H3,(H2,23,24,28)/b25-13-. The van der Waals surface area contributed by atoms with Crippen LogP contribution in [0.5, 0.6) is 0 Å². The molecule has 0 bridgehead atoms. The summed E-state index contributed by atoms with van der Waals surface area (Å²) in [5.41, 5.74) is 2.12. The molecule has 2 rings (SSSR count). The highest BCUT2D eigenvalue weighted by Gasteiger charge is 2.24. The molecule has 7 nitrogen and oxygen atoms in total. The first kappa shape index (κ1) is 22.2. The number of hydrogen-bond acceptors (Lipinski definition) is 4. The van der Waals surface area contributed by atoms with Crippen molar-refractivity contribution in [1.29, 1.82) is 0 Å². The molecule has 0 unspecified atom stereocenters. The molecule has 0 spiro atoms. The van der Waals surface area contributed by atoms with Crippen LogP contribution in [0.15, 0.2) is 47.6 Å². The third-order valence-electron chi connectivity index (χ3n) is 4.44. The van der Waals surface area contributed by atoms with Crippen molar-refractivity contribution in [3.05, 3.63) is 64.2 Å². The molecule has 0 radical (unpaired) electrons. The summed E-state index contributed by atoms with van der Waals surface area (Å²) in [7, 11) is 3.26. The fourth-order valence-corrected chi connectivity index (χ4v) is 2.92. The number of halogens is 1. The van der Waals surface area contributed by atoms with Crippen molar-refractivity contribution in [3.8, 4) is 0 Å². The predicted molar refractivity (Wildman–Crippen MR) is 115 cm³/mol. The van der Waals surface area contributed by atoms with E-state index in [1.165, 1.54) is 4.90 Å². The Morgan fingerprint density at radius 2 is 1.83 bits per heavy atom. The van der Waals surface area contributed by atoms with Crippen LogP contribution in [-0.2, 0) is 5.54 Å². The maximum Gasteiger partial charge on any atom is 0.319 e. The first-order chi connectivity index (χ1) is 13.5. The smallest absolute Gasteiger partial charge is 0.319 e. The number of rotatable bonds is 5. The van der Waals surface area contributed by atoms with Crippen LogP contribution in [0.1, 0.15) is 42.3 Å². The maximum atomic E-state index is 12.6. The average molecular weight is 417 g/mol.